The molecule has 1 aromatic heterocycles. The molecule has 4 N–H and O–H groups in total. The van der Waals surface area contributed by atoms with Gasteiger partial charge >= 0.3 is 0 Å². The lowest BCUT2D eigenvalue weighted by Gasteiger charge is -2.32. The van der Waals surface area contributed by atoms with Crippen molar-refractivity contribution in [1.29, 1.82) is 0 Å². The quantitative estimate of drug-likeness (QED) is 0.693. The number of hydrogen-bond donors (Lipinski definition) is 2. The lowest BCUT2D eigenvalue weighted by Crippen LogP contribution is -2.54. The third-order valence-electron chi connectivity index (χ3n) is 5.73. The van der Waals surface area contributed by atoms with Crippen molar-refractivity contribution in [3.63, 3.8) is 0 Å². The number of fused-ring (bicyclic) bond motifs is 1. The fourth-order valence-corrected chi connectivity index (χ4v) is 3.68. The molecule has 1 aliphatic rings. The minimum Gasteiger partial charge on any atom is -0.479 e. The summed E-state index contributed by atoms with van der Waals surface area (Å²) in [4.78, 5) is 24.8. The van der Waals surface area contributed by atoms with E-state index in [9.17, 15) is 9.59 Å². The Labute approximate surface area is 190 Å². The summed E-state index contributed by atoms with van der Waals surface area (Å²) in [5.41, 5.74) is 13.2. The largest absolute Gasteiger partial charge is 0.479 e. The molecule has 2 heterocycles. The second kappa shape index (κ2) is 10.8. The van der Waals surface area contributed by atoms with Gasteiger partial charge in [-0.3, -0.25) is 14.3 Å². The van der Waals surface area contributed by atoms with Crippen LogP contribution in [0.2, 0.25) is 0 Å². The van der Waals surface area contributed by atoms with Gasteiger partial charge in [-0.05, 0) is 42.4 Å². The molecule has 2 atom stereocenters. The zero-order valence-electron chi connectivity index (χ0n) is 20.1. The molecule has 1 aromatic carbocycles. The molecular formula is C23H37N5O4. The molecule has 9 nitrogen and oxygen atoms in total. The highest BCUT2D eigenvalue weighted by Gasteiger charge is 2.38. The first kappa shape index (κ1) is 25.6. The minimum atomic E-state index is -0.590. The smallest absolute Gasteiger partial charge is 0.240 e. The molecule has 0 radical (unpaired) electrons. The van der Waals surface area contributed by atoms with Crippen LogP contribution in [0.1, 0.15) is 39.2 Å². The van der Waals surface area contributed by atoms with Crippen molar-refractivity contribution < 1.29 is 19.1 Å². The molecule has 2 amide bonds. The van der Waals surface area contributed by atoms with Gasteiger partial charge in [0, 0.05) is 20.7 Å². The Morgan fingerprint density at radius 3 is 2.53 bits per heavy atom. The summed E-state index contributed by atoms with van der Waals surface area (Å²) in [6.45, 7) is 7.03. The lowest BCUT2D eigenvalue weighted by atomic mass is 9.86. The van der Waals surface area contributed by atoms with E-state index >= 15 is 0 Å². The Morgan fingerprint density at radius 2 is 1.97 bits per heavy atom. The molecule has 0 spiro atoms. The fourth-order valence-electron chi connectivity index (χ4n) is 3.68. The third kappa shape index (κ3) is 5.98. The van der Waals surface area contributed by atoms with Gasteiger partial charge in [-0.25, -0.2) is 0 Å². The summed E-state index contributed by atoms with van der Waals surface area (Å²) in [5, 5.41) is 5.35. The number of methoxy groups -OCH3 is 2. The van der Waals surface area contributed by atoms with Gasteiger partial charge in [0.1, 0.15) is 6.04 Å². The predicted octanol–water partition coefficient (Wildman–Crippen LogP) is 1.61. The maximum atomic E-state index is 12.1. The second-order valence-corrected chi connectivity index (χ2v) is 9.16. The molecule has 1 saturated heterocycles. The second-order valence-electron chi connectivity index (χ2n) is 9.16. The zero-order valence-corrected chi connectivity index (χ0v) is 20.1. The number of aryl methyl sites for hydroxylation is 1. The molecule has 178 valence electrons. The SMILES string of the molecule is CC(C)(C)C(N)C(=O)N1CCCC1C(N)=O.COCCc1ccc2c(c1)c(OC)nn2C. The number of amides is 2. The van der Waals surface area contributed by atoms with E-state index < -0.39 is 18.0 Å². The van der Waals surface area contributed by atoms with Crippen molar-refractivity contribution in [3.05, 3.63) is 23.8 Å². The average Bonchev–Trinajstić information content (AvgIpc) is 3.36. The van der Waals surface area contributed by atoms with Crippen LogP contribution in [0.3, 0.4) is 0 Å². The lowest BCUT2D eigenvalue weighted by molar-refractivity contribution is -0.140. The van der Waals surface area contributed by atoms with Crippen LogP contribution < -0.4 is 16.2 Å². The zero-order chi connectivity index (χ0) is 24.1. The molecule has 2 unspecified atom stereocenters. The standard InChI is InChI=1S/C12H16N2O2.C11H21N3O2/c1-14-11-5-4-9(6-7-15-2)8-10(11)12(13-14)16-3;1-11(2,3)8(12)10(16)14-6-4-5-7(14)9(13)15/h4-5,8H,6-7H2,1-3H3;7-8H,4-6,12H2,1-3H3,(H2,13,15). The molecule has 9 heteroatoms. The van der Waals surface area contributed by atoms with Crippen molar-refractivity contribution in [2.75, 3.05) is 27.4 Å². The topological polar surface area (TPSA) is 126 Å². The first-order chi connectivity index (χ1) is 15.0. The molecule has 1 fully saturated rings. The fraction of sp³-hybridized carbons (Fsp3) is 0.609. The van der Waals surface area contributed by atoms with Crippen molar-refractivity contribution in [2.45, 2.75) is 52.1 Å². The van der Waals surface area contributed by atoms with Crippen LogP contribution in [0.25, 0.3) is 10.9 Å². The summed E-state index contributed by atoms with van der Waals surface area (Å²) in [6.07, 6.45) is 2.37. The van der Waals surface area contributed by atoms with Crippen LogP contribution in [0.5, 0.6) is 5.88 Å². The molecule has 2 aromatic rings. The van der Waals surface area contributed by atoms with E-state index in [4.69, 9.17) is 20.9 Å². The summed E-state index contributed by atoms with van der Waals surface area (Å²) in [5.74, 6) is 0.0672. The number of carbonyl (C=O) groups is 2. The van der Waals surface area contributed by atoms with Gasteiger partial charge in [0.25, 0.3) is 0 Å². The predicted molar refractivity (Wildman–Crippen MR) is 124 cm³/mol. The van der Waals surface area contributed by atoms with E-state index in [1.807, 2.05) is 32.5 Å². The van der Waals surface area contributed by atoms with Crippen LogP contribution in [0.15, 0.2) is 18.2 Å². The van der Waals surface area contributed by atoms with Gasteiger partial charge in [-0.2, -0.15) is 0 Å². The number of rotatable bonds is 6. The number of nitrogens with zero attached hydrogens (tertiary/aromatic N) is 3. The highest BCUT2D eigenvalue weighted by molar-refractivity contribution is 5.90. The van der Waals surface area contributed by atoms with E-state index in [-0.39, 0.29) is 11.3 Å². The molecule has 1 aliphatic heterocycles. The van der Waals surface area contributed by atoms with Crippen LogP contribution in [-0.2, 0) is 27.8 Å². The maximum absolute atomic E-state index is 12.1. The van der Waals surface area contributed by atoms with Gasteiger partial charge in [-0.1, -0.05) is 26.8 Å². The van der Waals surface area contributed by atoms with Gasteiger partial charge < -0.3 is 25.8 Å². The molecule has 32 heavy (non-hydrogen) atoms. The molecular weight excluding hydrogens is 410 g/mol. The number of ether oxygens (including phenoxy) is 2. The number of nitrogens with two attached hydrogens (primary N) is 2. The third-order valence-corrected chi connectivity index (χ3v) is 5.73. The normalized spacial score (nSPS) is 17.1. The highest BCUT2D eigenvalue weighted by Crippen LogP contribution is 2.25. The van der Waals surface area contributed by atoms with Gasteiger partial charge in [0.05, 0.1) is 30.7 Å². The number of aromatic nitrogens is 2. The van der Waals surface area contributed by atoms with E-state index in [2.05, 4.69) is 23.3 Å². The Kier molecular flexibility index (Phi) is 8.63. The number of benzene rings is 1. The van der Waals surface area contributed by atoms with Crippen molar-refractivity contribution in [2.24, 2.45) is 23.9 Å². The summed E-state index contributed by atoms with van der Waals surface area (Å²) in [7, 11) is 5.27. The average molecular weight is 448 g/mol. The van der Waals surface area contributed by atoms with Crippen molar-refractivity contribution >= 4 is 22.7 Å². The molecule has 0 bridgehead atoms. The van der Waals surface area contributed by atoms with Crippen molar-refractivity contribution in [3.8, 4) is 5.88 Å². The van der Waals surface area contributed by atoms with Crippen LogP contribution in [0.4, 0.5) is 0 Å². The first-order valence-corrected chi connectivity index (χ1v) is 10.8. The molecule has 0 aliphatic carbocycles. The van der Waals surface area contributed by atoms with E-state index in [0.29, 0.717) is 18.8 Å². The highest BCUT2D eigenvalue weighted by atomic mass is 16.5. The van der Waals surface area contributed by atoms with Crippen LogP contribution in [-0.4, -0.2) is 65.9 Å². The number of likely N-dealkylation sites (tertiary alicyclic amines) is 1. The van der Waals surface area contributed by atoms with E-state index in [1.165, 1.54) is 10.5 Å². The van der Waals surface area contributed by atoms with E-state index in [0.717, 1.165) is 30.4 Å². The number of hydrogen-bond acceptors (Lipinski definition) is 6. The van der Waals surface area contributed by atoms with Crippen molar-refractivity contribution in [1.82, 2.24) is 14.7 Å². The monoisotopic (exact) mass is 447 g/mol. The first-order valence-electron chi connectivity index (χ1n) is 10.8. The van der Waals surface area contributed by atoms with Crippen LogP contribution in [0, 0.1) is 5.41 Å². The van der Waals surface area contributed by atoms with Gasteiger partial charge in [-0.15, -0.1) is 5.10 Å². The number of primary amides is 1. The minimum absolute atomic E-state index is 0.172. The summed E-state index contributed by atoms with van der Waals surface area (Å²) >= 11 is 0. The number of carbonyl (C=O) groups excluding carboxylic acids is 2. The van der Waals surface area contributed by atoms with E-state index in [1.54, 1.807) is 14.2 Å². The van der Waals surface area contributed by atoms with Gasteiger partial charge in [0.15, 0.2) is 0 Å². The van der Waals surface area contributed by atoms with Gasteiger partial charge in [0.2, 0.25) is 17.7 Å². The Morgan fingerprint density at radius 1 is 1.28 bits per heavy atom. The Balaban J connectivity index is 0.000000227. The van der Waals surface area contributed by atoms with Crippen LogP contribution >= 0.6 is 0 Å². The summed E-state index contributed by atoms with van der Waals surface area (Å²) < 4.78 is 12.1. The Bertz CT molecular complexity index is 934. The molecule has 3 rings (SSSR count). The summed E-state index contributed by atoms with van der Waals surface area (Å²) in [6, 6.07) is 5.21. The Hall–Kier alpha value is -2.65. The molecule has 0 saturated carbocycles. The maximum Gasteiger partial charge on any atom is 0.240 e.